The largest absolute Gasteiger partial charge is 0.369 e. The SMILES string of the molecule is NC(=O)[C@H]1CCCN(C(=O)CCn2ccc3ccccc32)C1. The normalized spacial score (nSPS) is 18.5. The molecule has 2 amide bonds. The number of primary amides is 1. The number of nitrogens with zero attached hydrogens (tertiary/aromatic N) is 2. The number of para-hydroxylation sites is 1. The highest BCUT2D eigenvalue weighted by Crippen LogP contribution is 2.18. The van der Waals surface area contributed by atoms with Gasteiger partial charge in [0.05, 0.1) is 5.92 Å². The molecule has 1 atom stereocenters. The molecule has 0 bridgehead atoms. The Bertz CT molecular complexity index is 692. The Morgan fingerprint density at radius 2 is 2.05 bits per heavy atom. The number of amides is 2. The van der Waals surface area contributed by atoms with E-state index in [-0.39, 0.29) is 17.7 Å². The summed E-state index contributed by atoms with van der Waals surface area (Å²) in [7, 11) is 0. The van der Waals surface area contributed by atoms with Gasteiger partial charge in [0.25, 0.3) is 0 Å². The fourth-order valence-electron chi connectivity index (χ4n) is 3.15. The molecule has 0 aliphatic carbocycles. The second-order valence-electron chi connectivity index (χ2n) is 5.90. The third kappa shape index (κ3) is 2.98. The van der Waals surface area contributed by atoms with Crippen LogP contribution in [0.3, 0.4) is 0 Å². The monoisotopic (exact) mass is 299 g/mol. The summed E-state index contributed by atoms with van der Waals surface area (Å²) in [4.78, 5) is 25.4. The molecule has 22 heavy (non-hydrogen) atoms. The third-order valence-corrected chi connectivity index (χ3v) is 4.42. The number of hydrogen-bond acceptors (Lipinski definition) is 2. The quantitative estimate of drug-likeness (QED) is 0.934. The van der Waals surface area contributed by atoms with Crippen LogP contribution in [0.15, 0.2) is 36.5 Å². The lowest BCUT2D eigenvalue weighted by atomic mass is 9.97. The molecule has 2 heterocycles. The molecule has 0 saturated carbocycles. The fraction of sp³-hybridized carbons (Fsp3) is 0.412. The lowest BCUT2D eigenvalue weighted by Crippen LogP contribution is -2.44. The molecule has 1 aliphatic rings. The highest BCUT2D eigenvalue weighted by atomic mass is 16.2. The molecule has 0 spiro atoms. The predicted molar refractivity (Wildman–Crippen MR) is 85.1 cm³/mol. The molecule has 0 radical (unpaired) electrons. The fourth-order valence-corrected chi connectivity index (χ4v) is 3.15. The van der Waals surface area contributed by atoms with E-state index in [0.717, 1.165) is 24.9 Å². The Hall–Kier alpha value is -2.30. The topological polar surface area (TPSA) is 68.3 Å². The first-order chi connectivity index (χ1) is 10.6. The van der Waals surface area contributed by atoms with Crippen molar-refractivity contribution in [1.29, 1.82) is 0 Å². The zero-order valence-corrected chi connectivity index (χ0v) is 12.6. The molecular formula is C17H21N3O2. The van der Waals surface area contributed by atoms with Gasteiger partial charge in [0.2, 0.25) is 11.8 Å². The van der Waals surface area contributed by atoms with Gasteiger partial charge < -0.3 is 15.2 Å². The minimum absolute atomic E-state index is 0.101. The number of carbonyl (C=O) groups excluding carboxylic acids is 2. The lowest BCUT2D eigenvalue weighted by molar-refractivity contribution is -0.135. The highest BCUT2D eigenvalue weighted by Gasteiger charge is 2.26. The Kier molecular flexibility index (Phi) is 4.13. The van der Waals surface area contributed by atoms with Gasteiger partial charge in [-0.3, -0.25) is 9.59 Å². The van der Waals surface area contributed by atoms with E-state index in [2.05, 4.69) is 22.8 Å². The molecule has 1 aromatic carbocycles. The van der Waals surface area contributed by atoms with Crippen LogP contribution in [0.1, 0.15) is 19.3 Å². The van der Waals surface area contributed by atoms with Crippen LogP contribution in [0.4, 0.5) is 0 Å². The number of piperidine rings is 1. The van der Waals surface area contributed by atoms with Crippen LogP contribution < -0.4 is 5.73 Å². The van der Waals surface area contributed by atoms with Crippen LogP contribution >= 0.6 is 0 Å². The van der Waals surface area contributed by atoms with Crippen molar-refractivity contribution < 1.29 is 9.59 Å². The summed E-state index contributed by atoms with van der Waals surface area (Å²) < 4.78 is 2.10. The zero-order valence-electron chi connectivity index (χ0n) is 12.6. The average molecular weight is 299 g/mol. The van der Waals surface area contributed by atoms with Gasteiger partial charge >= 0.3 is 0 Å². The van der Waals surface area contributed by atoms with Crippen LogP contribution in [0.25, 0.3) is 10.9 Å². The van der Waals surface area contributed by atoms with Crippen LogP contribution in [-0.4, -0.2) is 34.4 Å². The minimum atomic E-state index is -0.297. The molecule has 5 nitrogen and oxygen atoms in total. The van der Waals surface area contributed by atoms with Crippen molar-refractivity contribution in [1.82, 2.24) is 9.47 Å². The molecule has 5 heteroatoms. The van der Waals surface area contributed by atoms with Gasteiger partial charge in [0.15, 0.2) is 0 Å². The van der Waals surface area contributed by atoms with E-state index >= 15 is 0 Å². The Morgan fingerprint density at radius 3 is 2.86 bits per heavy atom. The molecule has 1 fully saturated rings. The summed E-state index contributed by atoms with van der Waals surface area (Å²) in [5.74, 6) is -0.386. The molecular weight excluding hydrogens is 278 g/mol. The van der Waals surface area contributed by atoms with Gasteiger partial charge in [-0.25, -0.2) is 0 Å². The zero-order chi connectivity index (χ0) is 15.5. The Morgan fingerprint density at radius 1 is 1.23 bits per heavy atom. The summed E-state index contributed by atoms with van der Waals surface area (Å²) in [6, 6.07) is 10.2. The molecule has 1 aromatic heterocycles. The minimum Gasteiger partial charge on any atom is -0.369 e. The third-order valence-electron chi connectivity index (χ3n) is 4.42. The van der Waals surface area contributed by atoms with E-state index in [1.165, 1.54) is 5.39 Å². The summed E-state index contributed by atoms with van der Waals surface area (Å²) >= 11 is 0. The van der Waals surface area contributed by atoms with E-state index in [9.17, 15) is 9.59 Å². The highest BCUT2D eigenvalue weighted by molar-refractivity contribution is 5.81. The van der Waals surface area contributed by atoms with Crippen LogP contribution in [0.5, 0.6) is 0 Å². The first-order valence-corrected chi connectivity index (χ1v) is 7.76. The van der Waals surface area contributed by atoms with Crippen LogP contribution in [0.2, 0.25) is 0 Å². The van der Waals surface area contributed by atoms with Gasteiger partial charge in [-0.1, -0.05) is 18.2 Å². The lowest BCUT2D eigenvalue weighted by Gasteiger charge is -2.31. The van der Waals surface area contributed by atoms with Crippen molar-refractivity contribution in [3.63, 3.8) is 0 Å². The van der Waals surface area contributed by atoms with Crippen molar-refractivity contribution in [2.24, 2.45) is 11.7 Å². The number of benzene rings is 1. The summed E-state index contributed by atoms with van der Waals surface area (Å²) in [6.45, 7) is 1.86. The van der Waals surface area contributed by atoms with Gasteiger partial charge in [-0.15, -0.1) is 0 Å². The second kappa shape index (κ2) is 6.22. The van der Waals surface area contributed by atoms with Crippen LogP contribution in [0, 0.1) is 5.92 Å². The van der Waals surface area contributed by atoms with Crippen molar-refractivity contribution in [2.45, 2.75) is 25.8 Å². The molecule has 2 aromatic rings. The average Bonchev–Trinajstić information content (AvgIpc) is 2.96. The first kappa shape index (κ1) is 14.6. The Balaban J connectivity index is 1.61. The molecule has 1 saturated heterocycles. The van der Waals surface area contributed by atoms with Gasteiger partial charge in [-0.2, -0.15) is 0 Å². The predicted octanol–water partition coefficient (Wildman–Crippen LogP) is 1.76. The molecule has 1 aliphatic heterocycles. The number of likely N-dealkylation sites (tertiary alicyclic amines) is 1. The Labute approximate surface area is 129 Å². The summed E-state index contributed by atoms with van der Waals surface area (Å²) in [6.07, 6.45) is 4.11. The standard InChI is InChI=1S/C17H21N3O2/c18-17(22)14-5-3-9-20(12-14)16(21)8-11-19-10-7-13-4-1-2-6-15(13)19/h1-2,4,6-7,10,14H,3,5,8-9,11-12H2,(H2,18,22)/t14-/m0/s1. The van der Waals surface area contributed by atoms with Crippen molar-refractivity contribution in [3.8, 4) is 0 Å². The number of hydrogen-bond donors (Lipinski definition) is 1. The van der Waals surface area contributed by atoms with Crippen molar-refractivity contribution in [2.75, 3.05) is 13.1 Å². The maximum Gasteiger partial charge on any atom is 0.224 e. The van der Waals surface area contributed by atoms with E-state index < -0.39 is 0 Å². The van der Waals surface area contributed by atoms with Crippen molar-refractivity contribution in [3.05, 3.63) is 36.5 Å². The summed E-state index contributed by atoms with van der Waals surface area (Å²) in [5.41, 5.74) is 6.50. The van der Waals surface area contributed by atoms with E-state index in [1.807, 2.05) is 18.3 Å². The number of carbonyl (C=O) groups is 2. The summed E-state index contributed by atoms with van der Waals surface area (Å²) in [5, 5.41) is 1.18. The smallest absolute Gasteiger partial charge is 0.224 e. The van der Waals surface area contributed by atoms with E-state index in [0.29, 0.717) is 19.5 Å². The second-order valence-corrected chi connectivity index (χ2v) is 5.90. The van der Waals surface area contributed by atoms with Gasteiger partial charge in [0, 0.05) is 37.8 Å². The maximum absolute atomic E-state index is 12.4. The maximum atomic E-state index is 12.4. The number of fused-ring (bicyclic) bond motifs is 1. The van der Waals surface area contributed by atoms with E-state index in [4.69, 9.17) is 5.73 Å². The van der Waals surface area contributed by atoms with Gasteiger partial charge in [0.1, 0.15) is 0 Å². The number of aromatic nitrogens is 1. The van der Waals surface area contributed by atoms with E-state index in [1.54, 1.807) is 4.90 Å². The number of aryl methyl sites for hydroxylation is 1. The van der Waals surface area contributed by atoms with Crippen molar-refractivity contribution >= 4 is 22.7 Å². The molecule has 116 valence electrons. The first-order valence-electron chi connectivity index (χ1n) is 7.76. The molecule has 3 rings (SSSR count). The number of nitrogens with two attached hydrogens (primary N) is 1. The van der Waals surface area contributed by atoms with Gasteiger partial charge in [-0.05, 0) is 30.4 Å². The van der Waals surface area contributed by atoms with Crippen LogP contribution in [-0.2, 0) is 16.1 Å². The number of rotatable bonds is 4. The molecule has 0 unspecified atom stereocenters. The molecule has 2 N–H and O–H groups in total.